The molecule has 26 heavy (non-hydrogen) atoms. The van der Waals surface area contributed by atoms with E-state index in [1.807, 2.05) is 0 Å². The van der Waals surface area contributed by atoms with Crippen molar-refractivity contribution in [2.24, 2.45) is 0 Å². The van der Waals surface area contributed by atoms with Crippen LogP contribution in [0.3, 0.4) is 0 Å². The molecule has 0 bridgehead atoms. The molecule has 1 aliphatic rings. The average Bonchev–Trinajstić information content (AvgIpc) is 3.39. The lowest BCUT2D eigenvalue weighted by atomic mass is 10.0. The number of morpholine rings is 1. The summed E-state index contributed by atoms with van der Waals surface area (Å²) >= 11 is 3.35. The van der Waals surface area contributed by atoms with Crippen molar-refractivity contribution in [1.82, 2.24) is 4.90 Å². The van der Waals surface area contributed by atoms with Gasteiger partial charge in [0, 0.05) is 28.4 Å². The summed E-state index contributed by atoms with van der Waals surface area (Å²) in [6.45, 7) is 5.30. The Morgan fingerprint density at radius 2 is 2.12 bits per heavy atom. The first-order chi connectivity index (χ1) is 12.7. The summed E-state index contributed by atoms with van der Waals surface area (Å²) in [6, 6.07) is 9.94. The zero-order valence-electron chi connectivity index (χ0n) is 14.4. The molecule has 4 heterocycles. The standard InChI is InChI=1S/C19H20N2O3S2/c1-13-12-14(19(26-13)20-18(22)15-4-2-8-24-15)17(16-5-3-11-25-16)21-6-9-23-10-7-21/h2-5,8,11-12,17H,6-7,9-10H2,1H3,(H,20,22). The van der Waals surface area contributed by atoms with E-state index in [0.29, 0.717) is 5.76 Å². The van der Waals surface area contributed by atoms with Crippen molar-refractivity contribution in [3.05, 3.63) is 63.1 Å². The maximum atomic E-state index is 12.5. The lowest BCUT2D eigenvalue weighted by Gasteiger charge is -2.34. The molecule has 0 aromatic carbocycles. The van der Waals surface area contributed by atoms with Gasteiger partial charge in [-0.1, -0.05) is 6.07 Å². The highest BCUT2D eigenvalue weighted by Crippen LogP contribution is 2.40. The third kappa shape index (κ3) is 3.61. The predicted molar refractivity (Wildman–Crippen MR) is 104 cm³/mol. The highest BCUT2D eigenvalue weighted by molar-refractivity contribution is 7.16. The van der Waals surface area contributed by atoms with Crippen LogP contribution in [0.15, 0.2) is 46.4 Å². The number of hydrogen-bond donors (Lipinski definition) is 1. The molecule has 4 rings (SSSR count). The van der Waals surface area contributed by atoms with Gasteiger partial charge in [-0.25, -0.2) is 0 Å². The van der Waals surface area contributed by atoms with E-state index in [4.69, 9.17) is 9.15 Å². The summed E-state index contributed by atoms with van der Waals surface area (Å²) in [5.74, 6) is 0.103. The van der Waals surface area contributed by atoms with Crippen LogP contribution in [0.25, 0.3) is 0 Å². The monoisotopic (exact) mass is 388 g/mol. The number of nitrogens with zero attached hydrogens (tertiary/aromatic N) is 1. The van der Waals surface area contributed by atoms with Crippen LogP contribution >= 0.6 is 22.7 Å². The van der Waals surface area contributed by atoms with E-state index in [1.54, 1.807) is 34.8 Å². The number of amides is 1. The minimum atomic E-state index is -0.218. The van der Waals surface area contributed by atoms with Crippen LogP contribution in [0, 0.1) is 6.92 Å². The quantitative estimate of drug-likeness (QED) is 0.704. The minimum absolute atomic E-state index is 0.121. The molecule has 7 heteroatoms. The number of aryl methyl sites for hydroxylation is 1. The third-order valence-corrected chi connectivity index (χ3v) is 6.28. The summed E-state index contributed by atoms with van der Waals surface area (Å²) in [7, 11) is 0. The molecule has 1 fully saturated rings. The Morgan fingerprint density at radius 3 is 2.81 bits per heavy atom. The second-order valence-corrected chi connectivity index (χ2v) is 8.37. The molecule has 1 saturated heterocycles. The normalized spacial score (nSPS) is 16.5. The van der Waals surface area contributed by atoms with E-state index < -0.39 is 0 Å². The van der Waals surface area contributed by atoms with Gasteiger partial charge in [0.15, 0.2) is 5.76 Å². The largest absolute Gasteiger partial charge is 0.459 e. The highest BCUT2D eigenvalue weighted by atomic mass is 32.1. The Bertz CT molecular complexity index is 850. The number of rotatable bonds is 5. The molecular formula is C19H20N2O3S2. The first kappa shape index (κ1) is 17.5. The fraction of sp³-hybridized carbons (Fsp3) is 0.316. The molecular weight excluding hydrogens is 368 g/mol. The van der Waals surface area contributed by atoms with E-state index in [0.717, 1.165) is 36.9 Å². The van der Waals surface area contributed by atoms with Gasteiger partial charge in [-0.15, -0.1) is 22.7 Å². The Hall–Kier alpha value is -1.93. The molecule has 0 saturated carbocycles. The maximum absolute atomic E-state index is 12.5. The van der Waals surface area contributed by atoms with Gasteiger partial charge in [0.05, 0.1) is 25.5 Å². The van der Waals surface area contributed by atoms with Crippen LogP contribution in [-0.2, 0) is 4.74 Å². The maximum Gasteiger partial charge on any atom is 0.291 e. The Morgan fingerprint density at radius 1 is 1.27 bits per heavy atom. The first-order valence-electron chi connectivity index (χ1n) is 8.53. The smallest absolute Gasteiger partial charge is 0.291 e. The van der Waals surface area contributed by atoms with Gasteiger partial charge in [-0.3, -0.25) is 9.69 Å². The van der Waals surface area contributed by atoms with E-state index in [9.17, 15) is 4.79 Å². The zero-order chi connectivity index (χ0) is 17.9. The molecule has 3 aromatic rings. The summed E-state index contributed by atoms with van der Waals surface area (Å²) < 4.78 is 10.8. The lowest BCUT2D eigenvalue weighted by molar-refractivity contribution is 0.0247. The van der Waals surface area contributed by atoms with Crippen molar-refractivity contribution < 1.29 is 13.9 Å². The molecule has 5 nitrogen and oxygen atoms in total. The van der Waals surface area contributed by atoms with Gasteiger partial charge in [0.1, 0.15) is 5.00 Å². The molecule has 0 aliphatic carbocycles. The number of ether oxygens (including phenoxy) is 1. The molecule has 1 amide bonds. The fourth-order valence-corrected chi connectivity index (χ4v) is 5.04. The Labute approximate surface area is 160 Å². The number of carbonyl (C=O) groups is 1. The number of anilines is 1. The Kier molecular flexibility index (Phi) is 5.21. The predicted octanol–water partition coefficient (Wildman–Crippen LogP) is 4.38. The topological polar surface area (TPSA) is 54.7 Å². The van der Waals surface area contributed by atoms with Gasteiger partial charge >= 0.3 is 0 Å². The minimum Gasteiger partial charge on any atom is -0.459 e. The van der Waals surface area contributed by atoms with Crippen molar-refractivity contribution in [2.45, 2.75) is 13.0 Å². The van der Waals surface area contributed by atoms with E-state index >= 15 is 0 Å². The number of hydrogen-bond acceptors (Lipinski definition) is 6. The molecule has 0 radical (unpaired) electrons. The first-order valence-corrected chi connectivity index (χ1v) is 10.2. The second-order valence-electron chi connectivity index (χ2n) is 6.14. The van der Waals surface area contributed by atoms with E-state index in [2.05, 4.69) is 40.7 Å². The van der Waals surface area contributed by atoms with Crippen LogP contribution in [0.5, 0.6) is 0 Å². The third-order valence-electron chi connectivity index (χ3n) is 4.37. The van der Waals surface area contributed by atoms with Gasteiger partial charge in [-0.2, -0.15) is 0 Å². The summed E-state index contributed by atoms with van der Waals surface area (Å²) in [5.41, 5.74) is 1.14. The Balaban J connectivity index is 1.68. The van der Waals surface area contributed by atoms with Crippen molar-refractivity contribution in [1.29, 1.82) is 0 Å². The average molecular weight is 389 g/mol. The van der Waals surface area contributed by atoms with Crippen LogP contribution in [0.1, 0.15) is 31.9 Å². The molecule has 1 atom stereocenters. The summed E-state index contributed by atoms with van der Waals surface area (Å²) in [5, 5.41) is 6.03. The molecule has 136 valence electrons. The highest BCUT2D eigenvalue weighted by Gasteiger charge is 2.29. The molecule has 0 spiro atoms. The van der Waals surface area contributed by atoms with Crippen LogP contribution < -0.4 is 5.32 Å². The van der Waals surface area contributed by atoms with Crippen LogP contribution in [-0.4, -0.2) is 37.1 Å². The molecule has 1 aliphatic heterocycles. The van der Waals surface area contributed by atoms with Crippen molar-refractivity contribution in [2.75, 3.05) is 31.6 Å². The van der Waals surface area contributed by atoms with Gasteiger partial charge < -0.3 is 14.5 Å². The summed E-state index contributed by atoms with van der Waals surface area (Å²) in [6.07, 6.45) is 1.51. The van der Waals surface area contributed by atoms with Crippen molar-refractivity contribution in [3.8, 4) is 0 Å². The SMILES string of the molecule is Cc1cc(C(c2cccs2)N2CCOCC2)c(NC(=O)c2ccco2)s1. The summed E-state index contributed by atoms with van der Waals surface area (Å²) in [4.78, 5) is 17.4. The van der Waals surface area contributed by atoms with Crippen molar-refractivity contribution in [3.63, 3.8) is 0 Å². The van der Waals surface area contributed by atoms with E-state index in [-0.39, 0.29) is 11.9 Å². The number of nitrogens with one attached hydrogen (secondary N) is 1. The van der Waals surface area contributed by atoms with Crippen LogP contribution in [0.4, 0.5) is 5.00 Å². The number of carbonyl (C=O) groups excluding carboxylic acids is 1. The van der Waals surface area contributed by atoms with Gasteiger partial charge in [-0.05, 0) is 36.6 Å². The van der Waals surface area contributed by atoms with Gasteiger partial charge in [0.25, 0.3) is 5.91 Å². The lowest BCUT2D eigenvalue weighted by Crippen LogP contribution is -2.39. The molecule has 3 aromatic heterocycles. The molecule has 1 unspecified atom stereocenters. The number of furan rings is 1. The van der Waals surface area contributed by atoms with Gasteiger partial charge in [0.2, 0.25) is 0 Å². The zero-order valence-corrected chi connectivity index (χ0v) is 16.1. The second kappa shape index (κ2) is 7.75. The molecule has 1 N–H and O–H groups in total. The van der Waals surface area contributed by atoms with Crippen LogP contribution in [0.2, 0.25) is 0 Å². The fourth-order valence-electron chi connectivity index (χ4n) is 3.22. The van der Waals surface area contributed by atoms with Crippen molar-refractivity contribution >= 4 is 33.6 Å². The number of thiophene rings is 2. The van der Waals surface area contributed by atoms with E-state index in [1.165, 1.54) is 16.0 Å².